The van der Waals surface area contributed by atoms with Gasteiger partial charge in [0.25, 0.3) is 0 Å². The topological polar surface area (TPSA) is 80.7 Å². The fourth-order valence-electron chi connectivity index (χ4n) is 2.40. The van der Waals surface area contributed by atoms with Crippen LogP contribution in [0.2, 0.25) is 0 Å². The van der Waals surface area contributed by atoms with Crippen LogP contribution < -0.4 is 34.7 Å². The van der Waals surface area contributed by atoms with Gasteiger partial charge in [0.1, 0.15) is 0 Å². The molecule has 7 heteroatoms. The van der Waals surface area contributed by atoms with Crippen molar-refractivity contribution >= 4 is 23.6 Å². The molecular formula is C10H12NNaO4S. The van der Waals surface area contributed by atoms with Crippen LogP contribution in [0.1, 0.15) is 13.3 Å². The number of hydrogen-bond donors (Lipinski definition) is 1. The minimum atomic E-state index is -1.32. The van der Waals surface area contributed by atoms with Gasteiger partial charge in [0.2, 0.25) is 5.91 Å². The standard InChI is InChI=1S/C10H13NO4S.Na/c1-4(12)7-5-3-6(16-2)8(10(14)15)11(5)9(7)13;/h4-5,7,12H,3H2,1-2H3,(H,14,15);/q;+1/p-1/t4-,5+,7+;/m0./s1. The number of thioether (sulfide) groups is 1. The van der Waals surface area contributed by atoms with Crippen molar-refractivity contribution in [3.05, 3.63) is 10.6 Å². The minimum Gasteiger partial charge on any atom is -0.543 e. The van der Waals surface area contributed by atoms with E-state index >= 15 is 0 Å². The molecule has 0 bridgehead atoms. The molecule has 2 aliphatic heterocycles. The van der Waals surface area contributed by atoms with Gasteiger partial charge in [-0.15, -0.1) is 11.8 Å². The zero-order valence-corrected chi connectivity index (χ0v) is 12.8. The van der Waals surface area contributed by atoms with Crippen molar-refractivity contribution in [3.8, 4) is 0 Å². The third kappa shape index (κ3) is 2.17. The van der Waals surface area contributed by atoms with Gasteiger partial charge in [-0.05, 0) is 13.2 Å². The van der Waals surface area contributed by atoms with Crippen LogP contribution in [0.5, 0.6) is 0 Å². The average Bonchev–Trinajstić information content (AvgIpc) is 2.51. The first-order chi connectivity index (χ1) is 7.49. The molecule has 0 aromatic heterocycles. The number of carboxylic acid groups (broad SMARTS) is 1. The molecule has 2 aliphatic rings. The van der Waals surface area contributed by atoms with E-state index in [9.17, 15) is 19.8 Å². The number of amides is 1. The third-order valence-electron chi connectivity index (χ3n) is 3.13. The van der Waals surface area contributed by atoms with Crippen LogP contribution in [0.3, 0.4) is 0 Å². The molecule has 0 radical (unpaired) electrons. The molecule has 0 aliphatic carbocycles. The van der Waals surface area contributed by atoms with Crippen LogP contribution in [0.15, 0.2) is 10.6 Å². The number of hydrogen-bond acceptors (Lipinski definition) is 5. The Morgan fingerprint density at radius 1 is 1.65 bits per heavy atom. The number of carboxylic acids is 1. The number of aliphatic carboxylic acids is 1. The second kappa shape index (κ2) is 5.32. The second-order valence-corrected chi connectivity index (χ2v) is 4.91. The molecule has 1 saturated heterocycles. The van der Waals surface area contributed by atoms with E-state index in [1.807, 2.05) is 0 Å². The number of aliphatic hydroxyl groups excluding tert-OH is 1. The van der Waals surface area contributed by atoms with Crippen LogP contribution in [0, 0.1) is 5.92 Å². The summed E-state index contributed by atoms with van der Waals surface area (Å²) in [5, 5.41) is 20.4. The third-order valence-corrected chi connectivity index (χ3v) is 3.98. The SMILES string of the molecule is CSC1=C(C(=O)[O-])N2C(=O)[C@H]([C@H](C)O)[C@H]2C1.[Na+]. The fourth-order valence-corrected chi connectivity index (χ4v) is 3.11. The maximum atomic E-state index is 11.7. The largest absolute Gasteiger partial charge is 1.00 e. The van der Waals surface area contributed by atoms with E-state index in [1.165, 1.54) is 16.7 Å². The minimum absolute atomic E-state index is 0. The summed E-state index contributed by atoms with van der Waals surface area (Å²) in [7, 11) is 0. The van der Waals surface area contributed by atoms with Gasteiger partial charge in [-0.25, -0.2) is 0 Å². The number of aliphatic hydroxyl groups is 1. The van der Waals surface area contributed by atoms with Crippen molar-refractivity contribution in [3.63, 3.8) is 0 Å². The molecule has 0 aromatic rings. The first-order valence-electron chi connectivity index (χ1n) is 4.98. The van der Waals surface area contributed by atoms with E-state index in [1.54, 1.807) is 13.2 Å². The zero-order chi connectivity index (χ0) is 12.0. The van der Waals surface area contributed by atoms with Crippen LogP contribution in [0.25, 0.3) is 0 Å². The molecule has 3 atom stereocenters. The molecular weight excluding hydrogens is 253 g/mol. The second-order valence-electron chi connectivity index (χ2n) is 4.01. The summed E-state index contributed by atoms with van der Waals surface area (Å²) in [4.78, 5) is 24.5. The van der Waals surface area contributed by atoms with Gasteiger partial charge in [0.05, 0.1) is 29.7 Å². The monoisotopic (exact) mass is 265 g/mol. The molecule has 2 rings (SSSR count). The van der Waals surface area contributed by atoms with Crippen molar-refractivity contribution in [2.75, 3.05) is 6.26 Å². The number of carbonyl (C=O) groups excluding carboxylic acids is 2. The number of rotatable bonds is 3. The molecule has 1 fully saturated rings. The maximum absolute atomic E-state index is 11.7. The number of β-lactam (4-membered cyclic amide) rings is 1. The summed E-state index contributed by atoms with van der Waals surface area (Å²) in [6.45, 7) is 1.55. The zero-order valence-electron chi connectivity index (χ0n) is 9.97. The van der Waals surface area contributed by atoms with Gasteiger partial charge >= 0.3 is 29.6 Å². The first kappa shape index (κ1) is 15.0. The molecule has 17 heavy (non-hydrogen) atoms. The van der Waals surface area contributed by atoms with Crippen molar-refractivity contribution < 1.29 is 49.4 Å². The van der Waals surface area contributed by atoms with E-state index in [-0.39, 0.29) is 47.2 Å². The number of carbonyl (C=O) groups is 2. The van der Waals surface area contributed by atoms with Crippen LogP contribution in [-0.4, -0.2) is 40.3 Å². The molecule has 0 spiro atoms. The van der Waals surface area contributed by atoms with E-state index < -0.39 is 18.0 Å². The van der Waals surface area contributed by atoms with Gasteiger partial charge in [-0.2, -0.15) is 0 Å². The maximum Gasteiger partial charge on any atom is 1.00 e. The Hall–Kier alpha value is -0.0100. The van der Waals surface area contributed by atoms with Crippen molar-refractivity contribution in [2.24, 2.45) is 5.92 Å². The number of nitrogens with zero attached hydrogens (tertiary/aromatic N) is 1. The number of fused-ring (bicyclic) bond motifs is 1. The van der Waals surface area contributed by atoms with Gasteiger partial charge in [0, 0.05) is 11.3 Å². The summed E-state index contributed by atoms with van der Waals surface area (Å²) in [6, 6.07) is -0.206. The Morgan fingerprint density at radius 2 is 2.24 bits per heavy atom. The Balaban J connectivity index is 0.00000144. The quantitative estimate of drug-likeness (QED) is 0.415. The molecule has 0 saturated carbocycles. The van der Waals surface area contributed by atoms with Gasteiger partial charge in [0.15, 0.2) is 0 Å². The molecule has 1 N–H and O–H groups in total. The van der Waals surface area contributed by atoms with Crippen LogP contribution in [-0.2, 0) is 9.59 Å². The summed E-state index contributed by atoms with van der Waals surface area (Å²) in [5.74, 6) is -2.11. The summed E-state index contributed by atoms with van der Waals surface area (Å²) in [6.07, 6.45) is 1.54. The molecule has 5 nitrogen and oxygen atoms in total. The molecule has 0 unspecified atom stereocenters. The normalized spacial score (nSPS) is 28.4. The predicted octanol–water partition coefficient (Wildman–Crippen LogP) is -4.07. The molecule has 2 heterocycles. The van der Waals surface area contributed by atoms with Crippen molar-refractivity contribution in [2.45, 2.75) is 25.5 Å². The Labute approximate surface area is 126 Å². The fraction of sp³-hybridized carbons (Fsp3) is 0.600. The summed E-state index contributed by atoms with van der Waals surface area (Å²) in [5.41, 5.74) is -0.0144. The van der Waals surface area contributed by atoms with Crippen LogP contribution >= 0.6 is 11.8 Å². The average molecular weight is 265 g/mol. The Kier molecular flexibility index (Phi) is 4.71. The summed E-state index contributed by atoms with van der Waals surface area (Å²) >= 11 is 1.32. The Morgan fingerprint density at radius 3 is 2.65 bits per heavy atom. The van der Waals surface area contributed by atoms with Crippen molar-refractivity contribution in [1.29, 1.82) is 0 Å². The van der Waals surface area contributed by atoms with E-state index in [0.717, 1.165) is 0 Å². The molecule has 1 amide bonds. The van der Waals surface area contributed by atoms with Crippen LogP contribution in [0.4, 0.5) is 0 Å². The van der Waals surface area contributed by atoms with Gasteiger partial charge < -0.3 is 19.9 Å². The first-order valence-corrected chi connectivity index (χ1v) is 6.21. The molecule has 0 aromatic carbocycles. The van der Waals surface area contributed by atoms with Crippen molar-refractivity contribution in [1.82, 2.24) is 4.90 Å². The Bertz CT molecular complexity index is 396. The van der Waals surface area contributed by atoms with E-state index in [0.29, 0.717) is 11.3 Å². The molecule has 88 valence electrons. The van der Waals surface area contributed by atoms with Gasteiger partial charge in [-0.1, -0.05) is 0 Å². The summed E-state index contributed by atoms with van der Waals surface area (Å²) < 4.78 is 0. The van der Waals surface area contributed by atoms with E-state index in [2.05, 4.69) is 0 Å². The smallest absolute Gasteiger partial charge is 0.543 e. The van der Waals surface area contributed by atoms with E-state index in [4.69, 9.17) is 0 Å². The predicted molar refractivity (Wildman–Crippen MR) is 56.0 cm³/mol. The van der Waals surface area contributed by atoms with Gasteiger partial charge in [-0.3, -0.25) is 4.79 Å².